The van der Waals surface area contributed by atoms with E-state index in [9.17, 15) is 8.42 Å². The number of aryl methyl sites for hydroxylation is 1. The molecule has 0 fully saturated rings. The topological polar surface area (TPSA) is 87.0 Å². The molecule has 0 aliphatic rings. The summed E-state index contributed by atoms with van der Waals surface area (Å²) >= 11 is 1.23. The number of anilines is 2. The number of pyridine rings is 1. The first-order valence-electron chi connectivity index (χ1n) is 8.30. The summed E-state index contributed by atoms with van der Waals surface area (Å²) in [5.41, 5.74) is 1.60. The van der Waals surface area contributed by atoms with Gasteiger partial charge >= 0.3 is 0 Å². The van der Waals surface area contributed by atoms with Crippen molar-refractivity contribution < 1.29 is 8.42 Å². The fraction of sp³-hybridized carbons (Fsp3) is 0.0500. The maximum atomic E-state index is 13.6. The largest absolute Gasteiger partial charge is 0.270 e. The fourth-order valence-corrected chi connectivity index (χ4v) is 5.36. The highest BCUT2D eigenvalue weighted by Gasteiger charge is 2.30. The van der Waals surface area contributed by atoms with Crippen molar-refractivity contribution in [3.63, 3.8) is 0 Å². The van der Waals surface area contributed by atoms with Crippen LogP contribution in [-0.2, 0) is 10.0 Å². The van der Waals surface area contributed by atoms with Gasteiger partial charge in [-0.3, -0.25) is 4.98 Å². The van der Waals surface area contributed by atoms with E-state index in [1.807, 2.05) is 0 Å². The summed E-state index contributed by atoms with van der Waals surface area (Å²) in [5.74, 6) is 0. The molecule has 8 heteroatoms. The Labute approximate surface area is 166 Å². The van der Waals surface area contributed by atoms with Gasteiger partial charge in [0, 0.05) is 29.4 Å². The van der Waals surface area contributed by atoms with Crippen molar-refractivity contribution in [1.29, 1.82) is 5.26 Å². The fourth-order valence-electron chi connectivity index (χ4n) is 2.93. The van der Waals surface area contributed by atoms with E-state index in [4.69, 9.17) is 5.26 Å². The first-order chi connectivity index (χ1) is 13.5. The Balaban J connectivity index is 1.92. The summed E-state index contributed by atoms with van der Waals surface area (Å²) in [4.78, 5) is 8.44. The van der Waals surface area contributed by atoms with E-state index in [0.29, 0.717) is 21.9 Å². The maximum Gasteiger partial charge on any atom is 0.270 e. The lowest BCUT2D eigenvalue weighted by molar-refractivity contribution is 0.596. The molecule has 0 spiro atoms. The number of fused-ring (bicyclic) bond motifs is 1. The molecule has 2 aromatic carbocycles. The minimum absolute atomic E-state index is 0.158. The molecule has 4 aromatic rings. The molecule has 0 bridgehead atoms. The Kier molecular flexibility index (Phi) is 4.55. The van der Waals surface area contributed by atoms with Gasteiger partial charge in [0.15, 0.2) is 0 Å². The molecule has 0 radical (unpaired) electrons. The molecule has 0 saturated carbocycles. The van der Waals surface area contributed by atoms with E-state index in [1.165, 1.54) is 15.6 Å². The molecular formula is C20H14N4O2S2. The second-order valence-electron chi connectivity index (χ2n) is 6.08. The zero-order valence-electron chi connectivity index (χ0n) is 14.8. The Hall–Kier alpha value is -3.28. The van der Waals surface area contributed by atoms with Gasteiger partial charge in [0.25, 0.3) is 10.0 Å². The van der Waals surface area contributed by atoms with Gasteiger partial charge < -0.3 is 0 Å². The third-order valence-corrected chi connectivity index (χ3v) is 6.86. The van der Waals surface area contributed by atoms with Crippen LogP contribution in [0.25, 0.3) is 10.8 Å². The van der Waals surface area contributed by atoms with Crippen molar-refractivity contribution in [1.82, 2.24) is 9.97 Å². The first-order valence-corrected chi connectivity index (χ1v) is 10.6. The average Bonchev–Trinajstić information content (AvgIpc) is 3.23. The summed E-state index contributed by atoms with van der Waals surface area (Å²) in [6.07, 6.45) is 4.88. The van der Waals surface area contributed by atoms with Crippen molar-refractivity contribution >= 4 is 43.0 Å². The van der Waals surface area contributed by atoms with Crippen molar-refractivity contribution in [3.8, 4) is 6.07 Å². The van der Waals surface area contributed by atoms with Crippen LogP contribution in [0.4, 0.5) is 10.8 Å². The zero-order chi connectivity index (χ0) is 19.7. The second-order valence-corrected chi connectivity index (χ2v) is 8.74. The number of nitriles is 1. The van der Waals surface area contributed by atoms with Crippen LogP contribution < -0.4 is 4.31 Å². The van der Waals surface area contributed by atoms with E-state index in [2.05, 4.69) is 16.0 Å². The van der Waals surface area contributed by atoms with Crippen LogP contribution in [0.5, 0.6) is 0 Å². The number of hydrogen-bond acceptors (Lipinski definition) is 6. The third-order valence-electron chi connectivity index (χ3n) is 4.29. The highest BCUT2D eigenvalue weighted by atomic mass is 32.2. The maximum absolute atomic E-state index is 13.6. The molecular weight excluding hydrogens is 392 g/mol. The molecule has 0 N–H and O–H groups in total. The lowest BCUT2D eigenvalue weighted by atomic mass is 10.1. The molecule has 0 saturated heterocycles. The summed E-state index contributed by atoms with van der Waals surface area (Å²) in [6, 6.07) is 13.7. The molecule has 0 aliphatic carbocycles. The van der Waals surface area contributed by atoms with Gasteiger partial charge in [-0.15, -0.1) is 11.3 Å². The van der Waals surface area contributed by atoms with Gasteiger partial charge in [-0.25, -0.2) is 17.7 Å². The van der Waals surface area contributed by atoms with Crippen LogP contribution in [0.1, 0.15) is 11.1 Å². The number of rotatable bonds is 4. The Bertz CT molecular complexity index is 1310. The minimum Gasteiger partial charge on any atom is -0.264 e. The third kappa shape index (κ3) is 3.11. The monoisotopic (exact) mass is 406 g/mol. The van der Waals surface area contributed by atoms with Crippen LogP contribution in [0.3, 0.4) is 0 Å². The lowest BCUT2D eigenvalue weighted by Gasteiger charge is -2.23. The van der Waals surface area contributed by atoms with Gasteiger partial charge in [-0.1, -0.05) is 6.07 Å². The summed E-state index contributed by atoms with van der Waals surface area (Å²) in [5, 5.41) is 12.8. The molecule has 28 heavy (non-hydrogen) atoms. The molecule has 0 aliphatic heterocycles. The minimum atomic E-state index is -3.93. The van der Waals surface area contributed by atoms with E-state index < -0.39 is 10.0 Å². The Morgan fingerprint density at radius 1 is 1.07 bits per heavy atom. The van der Waals surface area contributed by atoms with Gasteiger partial charge in [0.1, 0.15) is 0 Å². The van der Waals surface area contributed by atoms with Crippen LogP contribution in [0.15, 0.2) is 71.3 Å². The number of hydrogen-bond donors (Lipinski definition) is 0. The molecule has 2 heterocycles. The molecule has 6 nitrogen and oxygen atoms in total. The molecule has 2 aromatic heterocycles. The van der Waals surface area contributed by atoms with Gasteiger partial charge in [-0.05, 0) is 54.3 Å². The SMILES string of the molecule is Cc1cc(C#N)ccc1N(c1nccs1)S(=O)(=O)c1ccc2cnccc2c1. The first kappa shape index (κ1) is 18.1. The standard InChI is InChI=1S/C20H14N4O2S2/c1-14-10-15(12-21)2-5-19(14)24(20-23-8-9-27-20)28(25,26)18-4-3-17-13-22-7-6-16(17)11-18/h2-11,13H,1H3. The van der Waals surface area contributed by atoms with E-state index in [0.717, 1.165) is 10.8 Å². The summed E-state index contributed by atoms with van der Waals surface area (Å²) < 4.78 is 28.4. The van der Waals surface area contributed by atoms with Crippen molar-refractivity contribution in [2.24, 2.45) is 0 Å². The highest BCUT2D eigenvalue weighted by molar-refractivity contribution is 7.93. The Morgan fingerprint density at radius 2 is 1.93 bits per heavy atom. The normalized spacial score (nSPS) is 11.3. The van der Waals surface area contributed by atoms with E-state index in [1.54, 1.807) is 73.4 Å². The molecule has 4 rings (SSSR count). The van der Waals surface area contributed by atoms with Crippen molar-refractivity contribution in [2.45, 2.75) is 11.8 Å². The van der Waals surface area contributed by atoms with E-state index in [-0.39, 0.29) is 4.90 Å². The second kappa shape index (κ2) is 7.03. The number of aromatic nitrogens is 2. The van der Waals surface area contributed by atoms with Gasteiger partial charge in [-0.2, -0.15) is 5.26 Å². The van der Waals surface area contributed by atoms with Gasteiger partial charge in [0.05, 0.1) is 22.2 Å². The zero-order valence-corrected chi connectivity index (χ0v) is 16.4. The predicted molar refractivity (Wildman–Crippen MR) is 109 cm³/mol. The van der Waals surface area contributed by atoms with Crippen LogP contribution >= 0.6 is 11.3 Å². The average molecular weight is 406 g/mol. The van der Waals surface area contributed by atoms with E-state index >= 15 is 0 Å². The molecule has 0 amide bonds. The number of sulfonamides is 1. The molecule has 0 unspecified atom stereocenters. The molecule has 138 valence electrons. The van der Waals surface area contributed by atoms with Crippen LogP contribution in [0.2, 0.25) is 0 Å². The van der Waals surface area contributed by atoms with Crippen LogP contribution in [-0.4, -0.2) is 18.4 Å². The number of nitrogens with zero attached hydrogens (tertiary/aromatic N) is 4. The van der Waals surface area contributed by atoms with Gasteiger partial charge in [0.2, 0.25) is 5.13 Å². The number of benzene rings is 2. The van der Waals surface area contributed by atoms with Crippen molar-refractivity contribution in [3.05, 3.63) is 77.6 Å². The summed E-state index contributed by atoms with van der Waals surface area (Å²) in [6.45, 7) is 1.78. The highest BCUT2D eigenvalue weighted by Crippen LogP contribution is 2.36. The Morgan fingerprint density at radius 3 is 2.64 bits per heavy atom. The quantitative estimate of drug-likeness (QED) is 0.501. The summed E-state index contributed by atoms with van der Waals surface area (Å²) in [7, 11) is -3.93. The number of thiazole rings is 1. The lowest BCUT2D eigenvalue weighted by Crippen LogP contribution is -2.27. The predicted octanol–water partition coefficient (Wildman–Crippen LogP) is 4.40. The van der Waals surface area contributed by atoms with Crippen LogP contribution in [0, 0.1) is 18.3 Å². The van der Waals surface area contributed by atoms with Crippen molar-refractivity contribution in [2.75, 3.05) is 4.31 Å². The smallest absolute Gasteiger partial charge is 0.264 e. The molecule has 0 atom stereocenters.